The summed E-state index contributed by atoms with van der Waals surface area (Å²) in [7, 11) is -2.17. The van der Waals surface area contributed by atoms with Crippen LogP contribution < -0.4 is 5.73 Å². The largest absolute Gasteiger partial charge is 0.631 e. The highest BCUT2D eigenvalue weighted by Crippen LogP contribution is 1.85. The van der Waals surface area contributed by atoms with Gasteiger partial charge in [0.1, 0.15) is 0 Å². The Balaban J connectivity index is 0. The van der Waals surface area contributed by atoms with E-state index in [1.54, 1.807) is 0 Å². The van der Waals surface area contributed by atoms with E-state index in [9.17, 15) is 0 Å². The third-order valence-corrected chi connectivity index (χ3v) is 0.775. The second kappa shape index (κ2) is 12.9. The maximum atomic E-state index is 7.79. The summed E-state index contributed by atoms with van der Waals surface area (Å²) in [5, 5.41) is 24.8. The predicted molar refractivity (Wildman–Crippen MR) is 44.7 cm³/mol. The van der Waals surface area contributed by atoms with Gasteiger partial charge in [0.25, 0.3) is 0 Å². The molecule has 0 fully saturated rings. The molecule has 0 heterocycles. The van der Waals surface area contributed by atoms with Crippen LogP contribution in [-0.2, 0) is 0 Å². The molecule has 0 aliphatic carbocycles. The Labute approximate surface area is 70.6 Å². The van der Waals surface area contributed by atoms with Gasteiger partial charge in [-0.05, 0) is 24.9 Å². The van der Waals surface area contributed by atoms with Crippen LogP contribution in [0.2, 0.25) is 0 Å². The highest BCUT2D eigenvalue weighted by atomic mass is 16.5. The zero-order valence-electron chi connectivity index (χ0n) is 6.67. The summed E-state index contributed by atoms with van der Waals surface area (Å²) in [6.07, 6.45) is 1.85. The van der Waals surface area contributed by atoms with Crippen molar-refractivity contribution in [3.63, 3.8) is 0 Å². The number of nitrogens with zero attached hydrogens (tertiary/aromatic N) is 3. The highest BCUT2D eigenvalue weighted by molar-refractivity contribution is 6.30. The van der Waals surface area contributed by atoms with E-state index in [4.69, 9.17) is 26.3 Å². The van der Waals surface area contributed by atoms with Crippen molar-refractivity contribution in [2.75, 3.05) is 13.1 Å². The zero-order valence-corrected chi connectivity index (χ0v) is 6.67. The lowest BCUT2D eigenvalue weighted by Crippen LogP contribution is -2.07. The first-order valence-electron chi connectivity index (χ1n) is 3.40. The normalized spacial score (nSPS) is 7.67. The van der Waals surface area contributed by atoms with Gasteiger partial charge in [0.15, 0.2) is 0 Å². The fourth-order valence-corrected chi connectivity index (χ4v) is 0.372. The first kappa shape index (κ1) is 13.8. The van der Waals surface area contributed by atoms with Crippen LogP contribution >= 0.6 is 0 Å². The van der Waals surface area contributed by atoms with E-state index in [2.05, 4.69) is 10.0 Å². The van der Waals surface area contributed by atoms with Crippen LogP contribution in [0, 0.1) is 0 Å². The van der Waals surface area contributed by atoms with Crippen molar-refractivity contribution in [3.8, 4) is 0 Å². The molecule has 12 heavy (non-hydrogen) atoms. The molecule has 0 aliphatic heterocycles. The fraction of sp³-hybridized carbons (Fsp3) is 1.00. The van der Waals surface area contributed by atoms with Gasteiger partial charge < -0.3 is 20.8 Å². The molecule has 0 aromatic heterocycles. The Hall–Kier alpha value is -0.785. The summed E-state index contributed by atoms with van der Waals surface area (Å²) >= 11 is 0. The summed E-state index contributed by atoms with van der Waals surface area (Å²) in [4.78, 5) is 2.59. The minimum atomic E-state index is -2.17. The van der Waals surface area contributed by atoms with Crippen molar-refractivity contribution in [2.24, 2.45) is 10.8 Å². The molecular weight excluding hydrogens is 163 g/mol. The molecule has 0 aromatic carbocycles. The lowest BCUT2D eigenvalue weighted by atomic mass is 10.3. The standard InChI is InChI=1S/C4H10N4.BH3O3/c5-3-1-2-4-7-8-6;2-1(3)4/h1-5H2;2-4H. The molecule has 7 nitrogen and oxygen atoms in total. The van der Waals surface area contributed by atoms with Crippen molar-refractivity contribution in [1.29, 1.82) is 0 Å². The molecule has 0 saturated carbocycles. The van der Waals surface area contributed by atoms with Gasteiger partial charge in [-0.2, -0.15) is 0 Å². The molecule has 0 saturated heterocycles. The van der Waals surface area contributed by atoms with Gasteiger partial charge in [-0.1, -0.05) is 5.11 Å². The van der Waals surface area contributed by atoms with Gasteiger partial charge in [0.2, 0.25) is 0 Å². The number of hydrogen-bond acceptors (Lipinski definition) is 5. The van der Waals surface area contributed by atoms with E-state index in [-0.39, 0.29) is 0 Å². The maximum absolute atomic E-state index is 7.79. The summed E-state index contributed by atoms with van der Waals surface area (Å²) in [6, 6.07) is 0. The Morgan fingerprint density at radius 3 is 2.17 bits per heavy atom. The molecule has 5 N–H and O–H groups in total. The van der Waals surface area contributed by atoms with Crippen LogP contribution in [0.15, 0.2) is 5.11 Å². The average molecular weight is 176 g/mol. The van der Waals surface area contributed by atoms with Crippen molar-refractivity contribution >= 4 is 7.32 Å². The number of nitrogens with two attached hydrogens (primary N) is 1. The van der Waals surface area contributed by atoms with E-state index in [0.29, 0.717) is 13.1 Å². The molecule has 70 valence electrons. The van der Waals surface area contributed by atoms with E-state index >= 15 is 0 Å². The molecule has 0 radical (unpaired) electrons. The molecule has 0 spiro atoms. The second-order valence-corrected chi connectivity index (χ2v) is 1.80. The molecule has 0 amide bonds. The topological polar surface area (TPSA) is 135 Å². The Morgan fingerprint density at radius 1 is 1.33 bits per heavy atom. The van der Waals surface area contributed by atoms with E-state index in [1.807, 2.05) is 0 Å². The third kappa shape index (κ3) is 35.0. The maximum Gasteiger partial charge on any atom is 0.631 e. The van der Waals surface area contributed by atoms with E-state index in [1.165, 1.54) is 0 Å². The highest BCUT2D eigenvalue weighted by Gasteiger charge is 1.92. The van der Waals surface area contributed by atoms with Gasteiger partial charge in [-0.25, -0.2) is 0 Å². The second-order valence-electron chi connectivity index (χ2n) is 1.80. The quantitative estimate of drug-likeness (QED) is 0.143. The Morgan fingerprint density at radius 2 is 1.83 bits per heavy atom. The predicted octanol–water partition coefficient (Wildman–Crippen LogP) is -1.02. The third-order valence-electron chi connectivity index (χ3n) is 0.775. The van der Waals surface area contributed by atoms with Crippen molar-refractivity contribution in [3.05, 3.63) is 10.4 Å². The average Bonchev–Trinajstić information content (AvgIpc) is 1.97. The summed E-state index contributed by atoms with van der Waals surface area (Å²) in [6.45, 7) is 1.26. The molecule has 0 unspecified atom stereocenters. The first-order valence-corrected chi connectivity index (χ1v) is 3.40. The van der Waals surface area contributed by atoms with Gasteiger partial charge >= 0.3 is 7.32 Å². The van der Waals surface area contributed by atoms with Crippen LogP contribution in [0.25, 0.3) is 10.4 Å². The minimum absolute atomic E-state index is 0.577. The zero-order chi connectivity index (χ0) is 9.82. The summed E-state index contributed by atoms with van der Waals surface area (Å²) in [5.74, 6) is 0. The molecule has 0 atom stereocenters. The fourth-order valence-electron chi connectivity index (χ4n) is 0.372. The Kier molecular flexibility index (Phi) is 14.8. The van der Waals surface area contributed by atoms with Crippen molar-refractivity contribution in [2.45, 2.75) is 12.8 Å². The molecule has 0 aromatic rings. The monoisotopic (exact) mass is 176 g/mol. The SMILES string of the molecule is OB(O)O.[N-]=[N+]=NCCCCN. The van der Waals surface area contributed by atoms with Crippen LogP contribution in [-0.4, -0.2) is 35.5 Å². The molecule has 8 heteroatoms. The van der Waals surface area contributed by atoms with Gasteiger partial charge in [0, 0.05) is 11.5 Å². The number of azide groups is 1. The van der Waals surface area contributed by atoms with E-state index in [0.717, 1.165) is 12.8 Å². The minimum Gasteiger partial charge on any atom is -0.402 e. The molecule has 0 bridgehead atoms. The molecule has 0 rings (SSSR count). The van der Waals surface area contributed by atoms with Crippen LogP contribution in [0.5, 0.6) is 0 Å². The van der Waals surface area contributed by atoms with Crippen molar-refractivity contribution in [1.82, 2.24) is 0 Å². The van der Waals surface area contributed by atoms with Gasteiger partial charge in [0.05, 0.1) is 0 Å². The number of rotatable bonds is 4. The number of hydrogen-bond donors (Lipinski definition) is 4. The van der Waals surface area contributed by atoms with Gasteiger partial charge in [-0.15, -0.1) is 0 Å². The van der Waals surface area contributed by atoms with Crippen LogP contribution in [0.1, 0.15) is 12.8 Å². The smallest absolute Gasteiger partial charge is 0.402 e. The lowest BCUT2D eigenvalue weighted by molar-refractivity contribution is 0.278. The van der Waals surface area contributed by atoms with E-state index < -0.39 is 7.32 Å². The lowest BCUT2D eigenvalue weighted by Gasteiger charge is -1.87. The first-order chi connectivity index (χ1) is 5.65. The van der Waals surface area contributed by atoms with Crippen LogP contribution in [0.3, 0.4) is 0 Å². The summed E-state index contributed by atoms with van der Waals surface area (Å²) < 4.78 is 0. The van der Waals surface area contributed by atoms with Crippen molar-refractivity contribution < 1.29 is 15.1 Å². The summed E-state index contributed by atoms with van der Waals surface area (Å²) in [5.41, 5.74) is 13.0. The van der Waals surface area contributed by atoms with Gasteiger partial charge in [-0.3, -0.25) is 0 Å². The molecule has 0 aliphatic rings. The van der Waals surface area contributed by atoms with Crippen LogP contribution in [0.4, 0.5) is 0 Å². The number of unbranched alkanes of at least 4 members (excludes halogenated alkanes) is 1. The Bertz CT molecular complexity index is 125. The molecular formula is C4H13BN4O3.